The highest BCUT2D eigenvalue weighted by molar-refractivity contribution is 14.1. The fourth-order valence-corrected chi connectivity index (χ4v) is 4.74. The molecule has 6 heteroatoms. The van der Waals surface area contributed by atoms with Gasteiger partial charge in [-0.3, -0.25) is 0 Å². The fourth-order valence-electron chi connectivity index (χ4n) is 2.81. The minimum absolute atomic E-state index is 0.0381. The van der Waals surface area contributed by atoms with E-state index in [0.29, 0.717) is 6.54 Å². The van der Waals surface area contributed by atoms with Gasteiger partial charge in [0.05, 0.1) is 14.8 Å². The van der Waals surface area contributed by atoms with Gasteiger partial charge in [0.15, 0.2) is 6.29 Å². The van der Waals surface area contributed by atoms with Gasteiger partial charge in [0.2, 0.25) is 0 Å². The Bertz CT molecular complexity index is 549. The number of benzene rings is 1. The van der Waals surface area contributed by atoms with Gasteiger partial charge in [-0.1, -0.05) is 52.9 Å². The van der Waals surface area contributed by atoms with Crippen LogP contribution in [0.3, 0.4) is 0 Å². The second-order valence-electron chi connectivity index (χ2n) is 7.32. The SMILES string of the molecule is C[C@H](C1CCC(I)C(O)O1)N(Cc1ccccc1)S(=O)C(C)(C)C. The standard InChI is InChI=1S/C18H28INO3S/c1-13(16-11-10-15(19)17(21)23-16)20(24(22)18(2,3)4)12-14-8-6-5-7-9-14/h5-9,13,15-17,21H,10-12H2,1-4H3/t13-,15?,16?,17?,24?/m1/s1. The van der Waals surface area contributed by atoms with Gasteiger partial charge in [0, 0.05) is 12.6 Å². The Kier molecular flexibility index (Phi) is 7.25. The number of ether oxygens (including phenoxy) is 1. The Morgan fingerprint density at radius 3 is 2.50 bits per heavy atom. The van der Waals surface area contributed by atoms with E-state index in [1.54, 1.807) is 0 Å². The number of hydrogen-bond acceptors (Lipinski definition) is 3. The molecule has 1 aromatic rings. The molecule has 1 heterocycles. The fraction of sp³-hybridized carbons (Fsp3) is 0.667. The molecular weight excluding hydrogens is 437 g/mol. The molecule has 1 saturated heterocycles. The number of halogens is 1. The van der Waals surface area contributed by atoms with E-state index in [4.69, 9.17) is 4.74 Å². The average molecular weight is 465 g/mol. The van der Waals surface area contributed by atoms with Crippen LogP contribution in [0.1, 0.15) is 46.1 Å². The van der Waals surface area contributed by atoms with Crippen LogP contribution in [0.25, 0.3) is 0 Å². The molecule has 1 fully saturated rings. The maximum atomic E-state index is 13.1. The number of rotatable bonds is 5. The lowest BCUT2D eigenvalue weighted by Crippen LogP contribution is -2.51. The first-order chi connectivity index (χ1) is 11.2. The van der Waals surface area contributed by atoms with Crippen LogP contribution in [0.15, 0.2) is 30.3 Å². The summed E-state index contributed by atoms with van der Waals surface area (Å²) in [7, 11) is -1.16. The van der Waals surface area contributed by atoms with E-state index in [1.165, 1.54) is 0 Å². The predicted molar refractivity (Wildman–Crippen MR) is 107 cm³/mol. The van der Waals surface area contributed by atoms with Crippen molar-refractivity contribution < 1.29 is 14.1 Å². The first-order valence-electron chi connectivity index (χ1n) is 8.40. The van der Waals surface area contributed by atoms with Gasteiger partial charge in [0.1, 0.15) is 11.0 Å². The number of alkyl halides is 1. The van der Waals surface area contributed by atoms with E-state index >= 15 is 0 Å². The predicted octanol–water partition coefficient (Wildman–Crippen LogP) is 3.64. The molecule has 5 atom stereocenters. The first kappa shape index (κ1) is 20.3. The smallest absolute Gasteiger partial charge is 0.166 e. The molecular formula is C18H28INO3S. The average Bonchev–Trinajstić information content (AvgIpc) is 2.54. The van der Waals surface area contributed by atoms with Gasteiger partial charge in [-0.15, -0.1) is 0 Å². The molecule has 1 aliphatic heterocycles. The third-order valence-electron chi connectivity index (χ3n) is 4.26. The summed E-state index contributed by atoms with van der Waals surface area (Å²) in [5, 5.41) is 10.0. The number of nitrogens with zero attached hydrogens (tertiary/aromatic N) is 1. The monoisotopic (exact) mass is 465 g/mol. The van der Waals surface area contributed by atoms with Crippen molar-refractivity contribution in [3.8, 4) is 0 Å². The lowest BCUT2D eigenvalue weighted by molar-refractivity contribution is -0.167. The Morgan fingerprint density at radius 1 is 1.33 bits per heavy atom. The van der Waals surface area contributed by atoms with Crippen molar-refractivity contribution in [3.05, 3.63) is 35.9 Å². The molecule has 0 amide bonds. The molecule has 4 nitrogen and oxygen atoms in total. The summed E-state index contributed by atoms with van der Waals surface area (Å²) >= 11 is 2.23. The molecule has 24 heavy (non-hydrogen) atoms. The van der Waals surface area contributed by atoms with E-state index in [1.807, 2.05) is 43.3 Å². The van der Waals surface area contributed by atoms with Crippen LogP contribution in [0.5, 0.6) is 0 Å². The molecule has 1 N–H and O–H groups in total. The Balaban J connectivity index is 2.19. The molecule has 4 unspecified atom stereocenters. The van der Waals surface area contributed by atoms with Crippen LogP contribution in [0.2, 0.25) is 0 Å². The largest absolute Gasteiger partial charge is 0.367 e. The molecule has 1 aliphatic rings. The van der Waals surface area contributed by atoms with Gasteiger partial charge in [-0.25, -0.2) is 8.51 Å². The second kappa shape index (κ2) is 8.58. The first-order valence-corrected chi connectivity index (χ1v) is 10.8. The minimum Gasteiger partial charge on any atom is -0.367 e. The highest BCUT2D eigenvalue weighted by atomic mass is 127. The van der Waals surface area contributed by atoms with Crippen molar-refractivity contribution in [1.82, 2.24) is 4.31 Å². The van der Waals surface area contributed by atoms with Crippen LogP contribution in [-0.2, 0) is 22.3 Å². The lowest BCUT2D eigenvalue weighted by atomic mass is 10.0. The zero-order valence-corrected chi connectivity index (χ0v) is 17.8. The maximum absolute atomic E-state index is 13.1. The molecule has 1 aromatic carbocycles. The van der Waals surface area contributed by atoms with Gasteiger partial charge in [0.25, 0.3) is 0 Å². The molecule has 0 aliphatic carbocycles. The summed E-state index contributed by atoms with van der Waals surface area (Å²) in [6.07, 6.45) is 0.936. The van der Waals surface area contributed by atoms with E-state index in [9.17, 15) is 9.32 Å². The Labute approximate surface area is 161 Å². The minimum atomic E-state index is -1.16. The quantitative estimate of drug-likeness (QED) is 0.534. The van der Waals surface area contributed by atoms with E-state index in [2.05, 4.69) is 41.6 Å². The molecule has 0 aromatic heterocycles. The Hall–Kier alpha value is -0.0200. The van der Waals surface area contributed by atoms with Crippen molar-refractivity contribution in [2.24, 2.45) is 0 Å². The van der Waals surface area contributed by atoms with Gasteiger partial charge in [-0.05, 0) is 46.1 Å². The normalized spacial score (nSPS) is 27.9. The molecule has 0 bridgehead atoms. The van der Waals surface area contributed by atoms with Gasteiger partial charge >= 0.3 is 0 Å². The zero-order chi connectivity index (χ0) is 17.9. The highest BCUT2D eigenvalue weighted by Gasteiger charge is 2.37. The van der Waals surface area contributed by atoms with Gasteiger partial charge < -0.3 is 9.84 Å². The molecule has 0 radical (unpaired) electrons. The summed E-state index contributed by atoms with van der Waals surface area (Å²) in [6.45, 7) is 8.63. The molecule has 136 valence electrons. The van der Waals surface area contributed by atoms with Crippen molar-refractivity contribution in [3.63, 3.8) is 0 Å². The van der Waals surface area contributed by atoms with Crippen LogP contribution in [-0.4, -0.2) is 40.7 Å². The zero-order valence-electron chi connectivity index (χ0n) is 14.8. The molecule has 0 saturated carbocycles. The lowest BCUT2D eigenvalue weighted by Gasteiger charge is -2.40. The van der Waals surface area contributed by atoms with E-state index in [0.717, 1.165) is 18.4 Å². The van der Waals surface area contributed by atoms with E-state index < -0.39 is 17.3 Å². The van der Waals surface area contributed by atoms with Crippen LogP contribution in [0.4, 0.5) is 0 Å². The highest BCUT2D eigenvalue weighted by Crippen LogP contribution is 2.30. The third kappa shape index (κ3) is 5.24. The maximum Gasteiger partial charge on any atom is 0.166 e. The Morgan fingerprint density at radius 2 is 1.96 bits per heavy atom. The van der Waals surface area contributed by atoms with Crippen molar-refractivity contribution in [1.29, 1.82) is 0 Å². The summed E-state index contributed by atoms with van der Waals surface area (Å²) in [5.74, 6) is 0. The summed E-state index contributed by atoms with van der Waals surface area (Å²) in [4.78, 5) is 0. The number of aliphatic hydroxyl groups is 1. The second-order valence-corrected chi connectivity index (χ2v) is 11.1. The molecule has 0 spiro atoms. The van der Waals surface area contributed by atoms with Crippen molar-refractivity contribution in [2.75, 3.05) is 0 Å². The number of aliphatic hydroxyl groups excluding tert-OH is 1. The van der Waals surface area contributed by atoms with Gasteiger partial charge in [-0.2, -0.15) is 0 Å². The van der Waals surface area contributed by atoms with Crippen LogP contribution >= 0.6 is 22.6 Å². The summed E-state index contributed by atoms with van der Waals surface area (Å²) in [5.41, 5.74) is 1.13. The molecule has 2 rings (SSSR count). The summed E-state index contributed by atoms with van der Waals surface area (Å²) in [6, 6.07) is 10.1. The van der Waals surface area contributed by atoms with Crippen molar-refractivity contribution >= 4 is 33.6 Å². The van der Waals surface area contributed by atoms with Crippen LogP contribution in [0, 0.1) is 0 Å². The third-order valence-corrected chi connectivity index (χ3v) is 7.43. The topological polar surface area (TPSA) is 49.8 Å². The van der Waals surface area contributed by atoms with Crippen LogP contribution < -0.4 is 0 Å². The van der Waals surface area contributed by atoms with Crippen molar-refractivity contribution in [2.45, 2.75) is 74.2 Å². The summed E-state index contributed by atoms with van der Waals surface area (Å²) < 4.78 is 20.7. The van der Waals surface area contributed by atoms with E-state index in [-0.39, 0.29) is 20.8 Å². The number of hydrogen-bond donors (Lipinski definition) is 1.